The average molecular weight is 271 g/mol. The summed E-state index contributed by atoms with van der Waals surface area (Å²) in [5.41, 5.74) is 0. The lowest BCUT2D eigenvalue weighted by Crippen LogP contribution is -2.44. The average Bonchev–Trinajstić information content (AvgIpc) is 2.37. The fourth-order valence-electron chi connectivity index (χ4n) is 1.68. The molecule has 0 heterocycles. The van der Waals surface area contributed by atoms with Crippen molar-refractivity contribution in [3.63, 3.8) is 0 Å². The molecule has 5 nitrogen and oxygen atoms in total. The summed E-state index contributed by atoms with van der Waals surface area (Å²) in [6.45, 7) is 12.6. The second kappa shape index (κ2) is 9.78. The molecule has 0 aliphatic rings. The summed E-state index contributed by atoms with van der Waals surface area (Å²) in [5.74, 6) is 0.566. The van der Waals surface area contributed by atoms with Crippen LogP contribution in [0.5, 0.6) is 0 Å². The van der Waals surface area contributed by atoms with Crippen molar-refractivity contribution in [3.8, 4) is 0 Å². The number of hydrogen-bond donors (Lipinski definition) is 2. The topological polar surface area (TPSA) is 61.4 Å². The molecule has 2 N–H and O–H groups in total. The Labute approximate surface area is 117 Å². The number of amides is 2. The second-order valence-corrected chi connectivity index (χ2v) is 5.13. The van der Waals surface area contributed by atoms with Crippen LogP contribution in [0.2, 0.25) is 0 Å². The lowest BCUT2D eigenvalue weighted by molar-refractivity contribution is -0.131. The van der Waals surface area contributed by atoms with Gasteiger partial charge in [-0.05, 0) is 26.7 Å². The van der Waals surface area contributed by atoms with Gasteiger partial charge in [0, 0.05) is 32.6 Å². The Morgan fingerprint density at radius 3 is 2.16 bits per heavy atom. The third kappa shape index (κ3) is 7.82. The quantitative estimate of drug-likeness (QED) is 0.657. The standard InChI is InChI=1S/C14H29N3O2/c1-6-17(7-2)13(18)8-9-15-12(5)14(19)16-10-11(3)4/h11-12,15H,6-10H2,1-5H3,(H,16,19). The van der Waals surface area contributed by atoms with Crippen LogP contribution in [-0.2, 0) is 9.59 Å². The number of rotatable bonds is 9. The minimum absolute atomic E-state index is 0.0102. The minimum Gasteiger partial charge on any atom is -0.354 e. The predicted molar refractivity (Wildman–Crippen MR) is 77.9 cm³/mol. The third-order valence-corrected chi connectivity index (χ3v) is 2.98. The van der Waals surface area contributed by atoms with E-state index in [4.69, 9.17) is 0 Å². The van der Waals surface area contributed by atoms with Gasteiger partial charge in [-0.25, -0.2) is 0 Å². The largest absolute Gasteiger partial charge is 0.354 e. The van der Waals surface area contributed by atoms with Gasteiger partial charge in [-0.3, -0.25) is 9.59 Å². The summed E-state index contributed by atoms with van der Waals surface area (Å²) >= 11 is 0. The van der Waals surface area contributed by atoms with Crippen molar-refractivity contribution in [1.82, 2.24) is 15.5 Å². The number of carbonyl (C=O) groups is 2. The van der Waals surface area contributed by atoms with Gasteiger partial charge in [0.25, 0.3) is 0 Å². The molecule has 0 aromatic carbocycles. The summed E-state index contributed by atoms with van der Waals surface area (Å²) in [6, 6.07) is -0.261. The number of nitrogens with one attached hydrogen (secondary N) is 2. The van der Waals surface area contributed by atoms with Gasteiger partial charge in [0.2, 0.25) is 11.8 Å². The minimum atomic E-state index is -0.261. The molecule has 1 unspecified atom stereocenters. The molecule has 5 heteroatoms. The molecule has 0 radical (unpaired) electrons. The van der Waals surface area contributed by atoms with Gasteiger partial charge in [-0.15, -0.1) is 0 Å². The van der Waals surface area contributed by atoms with Crippen LogP contribution in [0.15, 0.2) is 0 Å². The molecular formula is C14H29N3O2. The van der Waals surface area contributed by atoms with E-state index in [1.54, 1.807) is 4.90 Å². The van der Waals surface area contributed by atoms with Gasteiger partial charge in [0.05, 0.1) is 6.04 Å². The van der Waals surface area contributed by atoms with Gasteiger partial charge < -0.3 is 15.5 Å². The molecule has 0 aromatic heterocycles. The van der Waals surface area contributed by atoms with Crippen LogP contribution >= 0.6 is 0 Å². The smallest absolute Gasteiger partial charge is 0.236 e. The van der Waals surface area contributed by atoms with E-state index in [1.807, 2.05) is 20.8 Å². The highest BCUT2D eigenvalue weighted by atomic mass is 16.2. The van der Waals surface area contributed by atoms with E-state index in [9.17, 15) is 9.59 Å². The lowest BCUT2D eigenvalue weighted by atomic mass is 10.2. The molecule has 0 fully saturated rings. The van der Waals surface area contributed by atoms with Crippen LogP contribution in [0, 0.1) is 5.92 Å². The molecule has 0 saturated carbocycles. The van der Waals surface area contributed by atoms with Gasteiger partial charge in [-0.2, -0.15) is 0 Å². The van der Waals surface area contributed by atoms with E-state index in [1.165, 1.54) is 0 Å². The molecule has 112 valence electrons. The molecule has 0 aliphatic heterocycles. The molecule has 0 rings (SSSR count). The summed E-state index contributed by atoms with van der Waals surface area (Å²) in [5, 5.41) is 5.95. The van der Waals surface area contributed by atoms with Crippen molar-refractivity contribution in [3.05, 3.63) is 0 Å². The Hall–Kier alpha value is -1.10. The van der Waals surface area contributed by atoms with Crippen LogP contribution in [-0.4, -0.2) is 48.9 Å². The zero-order valence-corrected chi connectivity index (χ0v) is 13.0. The van der Waals surface area contributed by atoms with Crippen molar-refractivity contribution < 1.29 is 9.59 Å². The van der Waals surface area contributed by atoms with Gasteiger partial charge >= 0.3 is 0 Å². The fraction of sp³-hybridized carbons (Fsp3) is 0.857. The first-order valence-electron chi connectivity index (χ1n) is 7.21. The molecule has 1 atom stereocenters. The first kappa shape index (κ1) is 17.9. The second-order valence-electron chi connectivity index (χ2n) is 5.13. The van der Waals surface area contributed by atoms with Crippen LogP contribution in [0.3, 0.4) is 0 Å². The third-order valence-electron chi connectivity index (χ3n) is 2.98. The summed E-state index contributed by atoms with van der Waals surface area (Å²) in [4.78, 5) is 25.3. The molecule has 2 amide bonds. The van der Waals surface area contributed by atoms with Gasteiger partial charge in [-0.1, -0.05) is 13.8 Å². The number of nitrogens with zero attached hydrogens (tertiary/aromatic N) is 1. The molecular weight excluding hydrogens is 242 g/mol. The number of hydrogen-bond acceptors (Lipinski definition) is 3. The summed E-state index contributed by atoms with van der Waals surface area (Å²) in [6.07, 6.45) is 0.434. The monoisotopic (exact) mass is 271 g/mol. The zero-order chi connectivity index (χ0) is 14.8. The molecule has 0 aliphatic carbocycles. The Kier molecular flexibility index (Phi) is 9.21. The molecule has 0 aromatic rings. The Bertz CT molecular complexity index is 276. The first-order chi connectivity index (χ1) is 8.92. The van der Waals surface area contributed by atoms with Crippen LogP contribution < -0.4 is 10.6 Å². The van der Waals surface area contributed by atoms with Crippen molar-refractivity contribution >= 4 is 11.8 Å². The highest BCUT2D eigenvalue weighted by Gasteiger charge is 2.14. The van der Waals surface area contributed by atoms with E-state index < -0.39 is 0 Å². The van der Waals surface area contributed by atoms with E-state index in [0.717, 1.165) is 13.1 Å². The maximum Gasteiger partial charge on any atom is 0.236 e. The fourth-order valence-corrected chi connectivity index (χ4v) is 1.68. The van der Waals surface area contributed by atoms with Gasteiger partial charge in [0.1, 0.15) is 0 Å². The molecule has 0 spiro atoms. The van der Waals surface area contributed by atoms with E-state index >= 15 is 0 Å². The normalized spacial score (nSPS) is 12.3. The predicted octanol–water partition coefficient (Wildman–Crippen LogP) is 0.995. The van der Waals surface area contributed by atoms with Crippen LogP contribution in [0.4, 0.5) is 0 Å². The van der Waals surface area contributed by atoms with Crippen molar-refractivity contribution in [2.24, 2.45) is 5.92 Å². The van der Waals surface area contributed by atoms with Crippen LogP contribution in [0.25, 0.3) is 0 Å². The van der Waals surface area contributed by atoms with Crippen LogP contribution in [0.1, 0.15) is 41.0 Å². The Morgan fingerprint density at radius 2 is 1.68 bits per heavy atom. The van der Waals surface area contributed by atoms with E-state index in [-0.39, 0.29) is 17.9 Å². The maximum atomic E-state index is 11.8. The maximum absolute atomic E-state index is 11.8. The Morgan fingerprint density at radius 1 is 1.11 bits per heavy atom. The number of carbonyl (C=O) groups excluding carboxylic acids is 2. The Balaban J connectivity index is 3.87. The summed E-state index contributed by atoms with van der Waals surface area (Å²) < 4.78 is 0. The van der Waals surface area contributed by atoms with Crippen molar-refractivity contribution in [2.75, 3.05) is 26.2 Å². The first-order valence-corrected chi connectivity index (χ1v) is 7.21. The van der Waals surface area contributed by atoms with Crippen molar-refractivity contribution in [1.29, 1.82) is 0 Å². The lowest BCUT2D eigenvalue weighted by Gasteiger charge is -2.19. The molecule has 0 bridgehead atoms. The van der Waals surface area contributed by atoms with Gasteiger partial charge in [0.15, 0.2) is 0 Å². The highest BCUT2D eigenvalue weighted by Crippen LogP contribution is 1.94. The molecule has 0 saturated heterocycles. The van der Waals surface area contributed by atoms with E-state index in [2.05, 4.69) is 24.5 Å². The SMILES string of the molecule is CCN(CC)C(=O)CCNC(C)C(=O)NCC(C)C. The zero-order valence-electron chi connectivity index (χ0n) is 13.0. The molecule has 19 heavy (non-hydrogen) atoms. The summed E-state index contributed by atoms with van der Waals surface area (Å²) in [7, 11) is 0. The van der Waals surface area contributed by atoms with E-state index in [0.29, 0.717) is 25.4 Å². The van der Waals surface area contributed by atoms with Crippen molar-refractivity contribution in [2.45, 2.75) is 47.1 Å². The highest BCUT2D eigenvalue weighted by molar-refractivity contribution is 5.81.